The number of benzene rings is 2. The Morgan fingerprint density at radius 1 is 1.10 bits per heavy atom. The van der Waals surface area contributed by atoms with Crippen molar-refractivity contribution in [3.05, 3.63) is 75.7 Å². The molecule has 162 valence electrons. The second kappa shape index (κ2) is 10.7. The first-order valence-electron chi connectivity index (χ1n) is 10.1. The van der Waals surface area contributed by atoms with Gasteiger partial charge in [-0.1, -0.05) is 28.1 Å². The zero-order valence-electron chi connectivity index (χ0n) is 17.0. The maximum Gasteiger partial charge on any atom is 0.240 e. The predicted molar refractivity (Wildman–Crippen MR) is 119 cm³/mol. The normalized spacial score (nSPS) is 14.9. The van der Waals surface area contributed by atoms with Crippen molar-refractivity contribution >= 4 is 28.1 Å². The van der Waals surface area contributed by atoms with E-state index in [1.54, 1.807) is 18.2 Å². The molecule has 0 bridgehead atoms. The zero-order chi connectivity index (χ0) is 21.5. The molecule has 0 unspecified atom stereocenters. The molecule has 3 aromatic rings. The van der Waals surface area contributed by atoms with Crippen LogP contribution in [0.1, 0.15) is 22.9 Å². The molecule has 0 spiro atoms. The maximum absolute atomic E-state index is 13.8. The largest absolute Gasteiger partial charge is 0.492 e. The van der Waals surface area contributed by atoms with Gasteiger partial charge in [0.25, 0.3) is 0 Å². The van der Waals surface area contributed by atoms with Crippen molar-refractivity contribution in [2.75, 3.05) is 39.5 Å². The fourth-order valence-corrected chi connectivity index (χ4v) is 3.72. The number of morpholine rings is 1. The van der Waals surface area contributed by atoms with Crippen LogP contribution in [0.3, 0.4) is 0 Å². The molecule has 8 heteroatoms. The third-order valence-electron chi connectivity index (χ3n) is 4.88. The van der Waals surface area contributed by atoms with Gasteiger partial charge in [-0.2, -0.15) is 0 Å². The summed E-state index contributed by atoms with van der Waals surface area (Å²) in [5.74, 6) is 1.05. The van der Waals surface area contributed by atoms with E-state index in [0.29, 0.717) is 30.6 Å². The van der Waals surface area contributed by atoms with E-state index in [0.717, 1.165) is 48.4 Å². The van der Waals surface area contributed by atoms with Crippen molar-refractivity contribution in [2.45, 2.75) is 6.42 Å². The van der Waals surface area contributed by atoms with E-state index >= 15 is 0 Å². The molecule has 0 radical (unpaired) electrons. The molecule has 0 aliphatic carbocycles. The molecule has 1 aliphatic rings. The highest BCUT2D eigenvalue weighted by Crippen LogP contribution is 2.23. The molecule has 1 aromatic heterocycles. The number of hydrogen-bond acceptors (Lipinski definition) is 6. The van der Waals surface area contributed by atoms with Crippen LogP contribution in [0.25, 0.3) is 12.2 Å². The van der Waals surface area contributed by atoms with Crippen LogP contribution in [-0.2, 0) is 11.2 Å². The average molecular weight is 488 g/mol. The summed E-state index contributed by atoms with van der Waals surface area (Å²) < 4.78 is 31.7. The van der Waals surface area contributed by atoms with Crippen LogP contribution in [0.2, 0.25) is 0 Å². The van der Waals surface area contributed by atoms with Gasteiger partial charge >= 0.3 is 0 Å². The second-order valence-corrected chi connectivity index (χ2v) is 8.07. The Hall–Kier alpha value is -2.55. The van der Waals surface area contributed by atoms with Crippen molar-refractivity contribution in [1.82, 2.24) is 15.1 Å². The first kappa shape index (κ1) is 21.7. The Morgan fingerprint density at radius 3 is 2.81 bits per heavy atom. The lowest BCUT2D eigenvalue weighted by atomic mass is 10.1. The van der Waals surface area contributed by atoms with Crippen LogP contribution in [-0.4, -0.2) is 54.6 Å². The van der Waals surface area contributed by atoms with E-state index in [2.05, 4.69) is 31.0 Å². The fraction of sp³-hybridized carbons (Fsp3) is 0.304. The molecule has 0 amide bonds. The van der Waals surface area contributed by atoms with Crippen LogP contribution in [0.4, 0.5) is 4.39 Å². The van der Waals surface area contributed by atoms with Gasteiger partial charge in [-0.25, -0.2) is 4.39 Å². The molecule has 0 atom stereocenters. The summed E-state index contributed by atoms with van der Waals surface area (Å²) in [4.78, 5) is 2.27. The Morgan fingerprint density at radius 2 is 1.97 bits per heavy atom. The van der Waals surface area contributed by atoms with Gasteiger partial charge in [0.2, 0.25) is 11.8 Å². The van der Waals surface area contributed by atoms with Crippen molar-refractivity contribution in [1.29, 1.82) is 0 Å². The lowest BCUT2D eigenvalue weighted by Crippen LogP contribution is -2.38. The van der Waals surface area contributed by atoms with Crippen molar-refractivity contribution < 1.29 is 18.3 Å². The van der Waals surface area contributed by atoms with Gasteiger partial charge < -0.3 is 13.9 Å². The molecule has 4 rings (SSSR count). The van der Waals surface area contributed by atoms with Crippen LogP contribution >= 0.6 is 15.9 Å². The van der Waals surface area contributed by atoms with Crippen LogP contribution < -0.4 is 4.74 Å². The van der Waals surface area contributed by atoms with Gasteiger partial charge in [0.15, 0.2) is 0 Å². The Labute approximate surface area is 188 Å². The van der Waals surface area contributed by atoms with Gasteiger partial charge in [0.05, 0.1) is 19.6 Å². The average Bonchev–Trinajstić information content (AvgIpc) is 3.21. The lowest BCUT2D eigenvalue weighted by Gasteiger charge is -2.26. The smallest absolute Gasteiger partial charge is 0.240 e. The Balaban J connectivity index is 1.38. The third-order valence-corrected chi connectivity index (χ3v) is 5.37. The predicted octanol–water partition coefficient (Wildman–Crippen LogP) is 4.44. The Bertz CT molecular complexity index is 1030. The minimum Gasteiger partial charge on any atom is -0.492 e. The number of rotatable bonds is 8. The molecule has 2 aromatic carbocycles. The molecular formula is C23H23BrFN3O3. The SMILES string of the molecule is Fc1ccc(/C=C/c2nnc(Cc3cccc(Br)c3)o2)c(OCCN2CCOCC2)c1. The lowest BCUT2D eigenvalue weighted by molar-refractivity contribution is 0.0322. The highest BCUT2D eigenvalue weighted by atomic mass is 79.9. The maximum atomic E-state index is 13.8. The number of aromatic nitrogens is 2. The summed E-state index contributed by atoms with van der Waals surface area (Å²) in [6.07, 6.45) is 4.05. The summed E-state index contributed by atoms with van der Waals surface area (Å²) in [5.41, 5.74) is 1.82. The molecule has 6 nitrogen and oxygen atoms in total. The van der Waals surface area contributed by atoms with E-state index in [9.17, 15) is 4.39 Å². The molecule has 1 aliphatic heterocycles. The topological polar surface area (TPSA) is 60.6 Å². The van der Waals surface area contributed by atoms with Gasteiger partial charge in [-0.05, 0) is 35.9 Å². The first-order chi connectivity index (χ1) is 15.2. The van der Waals surface area contributed by atoms with Gasteiger partial charge in [0.1, 0.15) is 18.2 Å². The van der Waals surface area contributed by atoms with Gasteiger partial charge in [-0.3, -0.25) is 4.90 Å². The molecule has 0 N–H and O–H groups in total. The quantitative estimate of drug-likeness (QED) is 0.467. The number of nitrogens with zero attached hydrogens (tertiary/aromatic N) is 3. The molecular weight excluding hydrogens is 465 g/mol. The minimum atomic E-state index is -0.340. The van der Waals surface area contributed by atoms with Crippen molar-refractivity contribution in [3.63, 3.8) is 0 Å². The van der Waals surface area contributed by atoms with E-state index in [-0.39, 0.29) is 5.82 Å². The Kier molecular flexibility index (Phi) is 7.45. The second-order valence-electron chi connectivity index (χ2n) is 7.16. The summed E-state index contributed by atoms with van der Waals surface area (Å²) in [6.45, 7) is 4.49. The molecule has 0 saturated carbocycles. The van der Waals surface area contributed by atoms with Crippen molar-refractivity contribution in [2.24, 2.45) is 0 Å². The monoisotopic (exact) mass is 487 g/mol. The van der Waals surface area contributed by atoms with E-state index < -0.39 is 0 Å². The van der Waals surface area contributed by atoms with Gasteiger partial charge in [0, 0.05) is 41.8 Å². The zero-order valence-corrected chi connectivity index (χ0v) is 18.6. The number of halogens is 2. The highest BCUT2D eigenvalue weighted by molar-refractivity contribution is 9.10. The number of hydrogen-bond donors (Lipinski definition) is 0. The molecule has 2 heterocycles. The highest BCUT2D eigenvalue weighted by Gasteiger charge is 2.11. The first-order valence-corrected chi connectivity index (χ1v) is 10.9. The third kappa shape index (κ3) is 6.46. The molecule has 1 saturated heterocycles. The van der Waals surface area contributed by atoms with E-state index in [1.807, 2.05) is 24.3 Å². The van der Waals surface area contributed by atoms with Crippen LogP contribution in [0.15, 0.2) is 51.4 Å². The van der Waals surface area contributed by atoms with Crippen LogP contribution in [0, 0.1) is 5.82 Å². The summed E-state index contributed by atoms with van der Waals surface area (Å²) >= 11 is 3.46. The minimum absolute atomic E-state index is 0.340. The number of ether oxygens (including phenoxy) is 2. The summed E-state index contributed by atoms with van der Waals surface area (Å²) in [7, 11) is 0. The standard InChI is InChI=1S/C23H23BrFN3O3/c24-19-3-1-2-17(14-19)15-23-27-26-22(31-23)7-5-18-4-6-20(25)16-21(18)30-13-10-28-8-11-29-12-9-28/h1-7,14,16H,8-13,15H2/b7-5+. The summed E-state index contributed by atoms with van der Waals surface area (Å²) in [6, 6.07) is 12.4. The van der Waals surface area contributed by atoms with Crippen molar-refractivity contribution in [3.8, 4) is 5.75 Å². The van der Waals surface area contributed by atoms with E-state index in [1.165, 1.54) is 12.1 Å². The molecule has 1 fully saturated rings. The van der Waals surface area contributed by atoms with Gasteiger partial charge in [-0.15, -0.1) is 10.2 Å². The van der Waals surface area contributed by atoms with Crippen LogP contribution in [0.5, 0.6) is 5.75 Å². The summed E-state index contributed by atoms with van der Waals surface area (Å²) in [5, 5.41) is 8.17. The van der Waals surface area contributed by atoms with E-state index in [4.69, 9.17) is 13.9 Å². The molecule has 31 heavy (non-hydrogen) atoms. The fourth-order valence-electron chi connectivity index (χ4n) is 3.27.